The number of hydrogen-bond donors (Lipinski definition) is 2. The number of alkyl carbamates (subject to hydrolysis) is 1. The quantitative estimate of drug-likeness (QED) is 0.304. The molecule has 0 fully saturated rings. The van der Waals surface area contributed by atoms with E-state index >= 15 is 0 Å². The molecule has 0 saturated heterocycles. The van der Waals surface area contributed by atoms with Gasteiger partial charge in [-0.05, 0) is 40.2 Å². The van der Waals surface area contributed by atoms with E-state index in [0.29, 0.717) is 0 Å². The van der Waals surface area contributed by atoms with Crippen LogP contribution in [0.3, 0.4) is 0 Å². The van der Waals surface area contributed by atoms with Gasteiger partial charge in [0.05, 0.1) is 12.5 Å². The van der Waals surface area contributed by atoms with E-state index in [2.05, 4.69) is 17.2 Å². The molecule has 2 N–H and O–H groups in total. The van der Waals surface area contributed by atoms with Crippen LogP contribution in [0.25, 0.3) is 0 Å². The molecular formula is C24H36N2O6. The third-order valence-corrected chi connectivity index (χ3v) is 4.28. The molecule has 1 aromatic rings. The van der Waals surface area contributed by atoms with Gasteiger partial charge in [0, 0.05) is 6.42 Å². The third kappa shape index (κ3) is 10.4. The normalized spacial score (nSPS) is 13.4. The van der Waals surface area contributed by atoms with Crippen LogP contribution in [0.15, 0.2) is 43.0 Å². The lowest BCUT2D eigenvalue weighted by molar-refractivity contribution is -0.149. The predicted molar refractivity (Wildman–Crippen MR) is 122 cm³/mol. The van der Waals surface area contributed by atoms with Gasteiger partial charge in [0.25, 0.3) is 0 Å². The molecule has 1 aromatic carbocycles. The van der Waals surface area contributed by atoms with Gasteiger partial charge in [0.2, 0.25) is 5.91 Å². The molecule has 0 aromatic heterocycles. The molecular weight excluding hydrogens is 412 g/mol. The van der Waals surface area contributed by atoms with Gasteiger partial charge in [-0.2, -0.15) is 0 Å². The summed E-state index contributed by atoms with van der Waals surface area (Å²) in [6, 6.07) is 9.46. The zero-order chi connectivity index (χ0) is 24.4. The Morgan fingerprint density at radius 2 is 1.72 bits per heavy atom. The van der Waals surface area contributed by atoms with Crippen molar-refractivity contribution in [1.82, 2.24) is 10.6 Å². The van der Waals surface area contributed by atoms with Crippen molar-refractivity contribution in [2.45, 2.75) is 71.9 Å². The van der Waals surface area contributed by atoms with Crippen molar-refractivity contribution in [3.05, 3.63) is 48.6 Å². The van der Waals surface area contributed by atoms with Crippen LogP contribution < -0.4 is 10.6 Å². The van der Waals surface area contributed by atoms with Gasteiger partial charge < -0.3 is 24.8 Å². The number of esters is 1. The molecule has 2 atom stereocenters. The maximum absolute atomic E-state index is 12.9. The Morgan fingerprint density at radius 1 is 1.09 bits per heavy atom. The minimum atomic E-state index is -1.27. The smallest absolute Gasteiger partial charge is 0.408 e. The Hall–Kier alpha value is -2.87. The van der Waals surface area contributed by atoms with Crippen LogP contribution in [-0.2, 0) is 30.4 Å². The lowest BCUT2D eigenvalue weighted by Crippen LogP contribution is -2.57. The molecule has 2 amide bonds. The van der Waals surface area contributed by atoms with E-state index in [-0.39, 0.29) is 19.6 Å². The average Bonchev–Trinajstić information content (AvgIpc) is 2.68. The predicted octanol–water partition coefficient (Wildman–Crippen LogP) is 3.70. The first kappa shape index (κ1) is 27.2. The van der Waals surface area contributed by atoms with E-state index in [0.717, 1.165) is 5.56 Å². The topological polar surface area (TPSA) is 103 Å². The number of benzene rings is 1. The van der Waals surface area contributed by atoms with E-state index in [9.17, 15) is 14.4 Å². The monoisotopic (exact) mass is 448 g/mol. The van der Waals surface area contributed by atoms with Crippen molar-refractivity contribution < 1.29 is 28.6 Å². The standard InChI is InChI=1S/C24H36N2O6/c1-8-14-30-20(27)17(2)15-19(31-16-18-12-10-9-11-13-18)25-21(28)24(6,7)26-22(29)32-23(3,4)5/h8-13,17,19H,1,14-16H2,2-7H3,(H,25,28)(H,26,29). The Kier molecular flexibility index (Phi) is 10.4. The van der Waals surface area contributed by atoms with Gasteiger partial charge >= 0.3 is 12.1 Å². The highest BCUT2D eigenvalue weighted by molar-refractivity contribution is 5.89. The molecule has 0 bridgehead atoms. The van der Waals surface area contributed by atoms with Crippen molar-refractivity contribution >= 4 is 18.0 Å². The maximum atomic E-state index is 12.9. The molecule has 0 saturated carbocycles. The fourth-order valence-corrected chi connectivity index (χ4v) is 2.58. The summed E-state index contributed by atoms with van der Waals surface area (Å²) in [7, 11) is 0. The highest BCUT2D eigenvalue weighted by atomic mass is 16.6. The van der Waals surface area contributed by atoms with Crippen molar-refractivity contribution in [1.29, 1.82) is 0 Å². The summed E-state index contributed by atoms with van der Waals surface area (Å²) in [6.07, 6.45) is 0.187. The minimum absolute atomic E-state index is 0.109. The number of amides is 2. The maximum Gasteiger partial charge on any atom is 0.408 e. The molecule has 2 unspecified atom stereocenters. The van der Waals surface area contributed by atoms with Crippen LogP contribution in [0.1, 0.15) is 53.5 Å². The van der Waals surface area contributed by atoms with Crippen molar-refractivity contribution in [2.24, 2.45) is 5.92 Å². The molecule has 8 heteroatoms. The van der Waals surface area contributed by atoms with Crippen LogP contribution in [0.5, 0.6) is 0 Å². The fourth-order valence-electron chi connectivity index (χ4n) is 2.58. The molecule has 0 spiro atoms. The van der Waals surface area contributed by atoms with Gasteiger partial charge in [0.1, 0.15) is 24.0 Å². The second kappa shape index (κ2) is 12.2. The summed E-state index contributed by atoms with van der Waals surface area (Å²) in [5, 5.41) is 5.34. The van der Waals surface area contributed by atoms with Crippen LogP contribution in [-0.4, -0.2) is 41.9 Å². The van der Waals surface area contributed by atoms with Crippen molar-refractivity contribution in [3.63, 3.8) is 0 Å². The van der Waals surface area contributed by atoms with E-state index in [1.165, 1.54) is 6.08 Å². The third-order valence-electron chi connectivity index (χ3n) is 4.28. The van der Waals surface area contributed by atoms with Crippen LogP contribution in [0, 0.1) is 5.92 Å². The number of ether oxygens (including phenoxy) is 3. The van der Waals surface area contributed by atoms with Crippen LogP contribution in [0.4, 0.5) is 4.79 Å². The molecule has 0 aliphatic heterocycles. The SMILES string of the molecule is C=CCOC(=O)C(C)CC(NC(=O)C(C)(C)NC(=O)OC(C)(C)C)OCc1ccccc1. The molecule has 32 heavy (non-hydrogen) atoms. The average molecular weight is 449 g/mol. The summed E-state index contributed by atoms with van der Waals surface area (Å²) < 4.78 is 16.2. The molecule has 8 nitrogen and oxygen atoms in total. The molecule has 0 heterocycles. The largest absolute Gasteiger partial charge is 0.461 e. The summed E-state index contributed by atoms with van der Waals surface area (Å²) in [5.41, 5.74) is -1.05. The molecule has 1 rings (SSSR count). The van der Waals surface area contributed by atoms with Gasteiger partial charge in [-0.3, -0.25) is 9.59 Å². The zero-order valence-corrected chi connectivity index (χ0v) is 19.9. The number of carbonyl (C=O) groups is 3. The van der Waals surface area contributed by atoms with Gasteiger partial charge in [-0.25, -0.2) is 4.79 Å². The van der Waals surface area contributed by atoms with Gasteiger partial charge in [-0.1, -0.05) is 49.9 Å². The van der Waals surface area contributed by atoms with Crippen LogP contribution >= 0.6 is 0 Å². The van der Waals surface area contributed by atoms with E-state index in [1.807, 2.05) is 30.3 Å². The summed E-state index contributed by atoms with van der Waals surface area (Å²) in [4.78, 5) is 37.2. The second-order valence-electron chi connectivity index (χ2n) is 9.07. The second-order valence-corrected chi connectivity index (χ2v) is 9.07. The highest BCUT2D eigenvalue weighted by Crippen LogP contribution is 2.15. The summed E-state index contributed by atoms with van der Waals surface area (Å²) in [5.74, 6) is -1.43. The Labute approximate surface area is 190 Å². The fraction of sp³-hybridized carbons (Fsp3) is 0.542. The first-order chi connectivity index (χ1) is 14.8. The first-order valence-electron chi connectivity index (χ1n) is 10.6. The first-order valence-corrected chi connectivity index (χ1v) is 10.6. The number of hydrogen-bond acceptors (Lipinski definition) is 6. The van der Waals surface area contributed by atoms with Gasteiger partial charge in [-0.15, -0.1) is 0 Å². The minimum Gasteiger partial charge on any atom is -0.461 e. The Bertz CT molecular complexity index is 770. The number of nitrogens with one attached hydrogen (secondary N) is 2. The lowest BCUT2D eigenvalue weighted by atomic mass is 10.0. The Morgan fingerprint density at radius 3 is 2.28 bits per heavy atom. The lowest BCUT2D eigenvalue weighted by Gasteiger charge is -2.30. The Balaban J connectivity index is 2.85. The molecule has 0 aliphatic carbocycles. The van der Waals surface area contributed by atoms with Crippen LogP contribution in [0.2, 0.25) is 0 Å². The summed E-state index contributed by atoms with van der Waals surface area (Å²) in [6.45, 7) is 13.9. The molecule has 0 aliphatic rings. The number of carbonyl (C=O) groups excluding carboxylic acids is 3. The zero-order valence-electron chi connectivity index (χ0n) is 19.9. The van der Waals surface area contributed by atoms with Crippen molar-refractivity contribution in [2.75, 3.05) is 6.61 Å². The molecule has 0 radical (unpaired) electrons. The molecule has 178 valence electrons. The van der Waals surface area contributed by atoms with E-state index < -0.39 is 41.3 Å². The highest BCUT2D eigenvalue weighted by Gasteiger charge is 2.34. The van der Waals surface area contributed by atoms with E-state index in [4.69, 9.17) is 14.2 Å². The number of rotatable bonds is 11. The van der Waals surface area contributed by atoms with Crippen molar-refractivity contribution in [3.8, 4) is 0 Å². The van der Waals surface area contributed by atoms with E-state index in [1.54, 1.807) is 41.5 Å². The summed E-state index contributed by atoms with van der Waals surface area (Å²) >= 11 is 0. The van der Waals surface area contributed by atoms with Gasteiger partial charge in [0.15, 0.2) is 0 Å².